The van der Waals surface area contributed by atoms with E-state index < -0.39 is 0 Å². The number of nitrogens with zero attached hydrogens (tertiary/aromatic N) is 5. The molecule has 0 bridgehead atoms. The Hall–Kier alpha value is -2.77. The summed E-state index contributed by atoms with van der Waals surface area (Å²) in [6.45, 7) is 2.77. The molecule has 1 saturated heterocycles. The summed E-state index contributed by atoms with van der Waals surface area (Å²) in [5, 5.41) is 5.39. The Labute approximate surface area is 160 Å². The Bertz CT molecular complexity index is 1250. The van der Waals surface area contributed by atoms with Gasteiger partial charge in [0.25, 0.3) is 5.56 Å². The minimum atomic E-state index is -0.0855. The first-order chi connectivity index (χ1) is 13.2. The molecular weight excluding hydrogens is 358 g/mol. The highest BCUT2D eigenvalue weighted by Crippen LogP contribution is 2.18. The van der Waals surface area contributed by atoms with Gasteiger partial charge in [0.1, 0.15) is 0 Å². The third-order valence-corrected chi connectivity index (χ3v) is 5.54. The number of likely N-dealkylation sites (tertiary alicyclic amines) is 1. The van der Waals surface area contributed by atoms with Crippen LogP contribution in [0.15, 0.2) is 59.4 Å². The fraction of sp³-hybridized carbons (Fsp3) is 0.250. The SMILES string of the molecule is O=c1c2ccccc2n2c(=S)n(CN3CCCC3)nc2n1-c1ccccc1. The van der Waals surface area contributed by atoms with E-state index in [-0.39, 0.29) is 5.56 Å². The van der Waals surface area contributed by atoms with Crippen molar-refractivity contribution in [2.75, 3.05) is 13.1 Å². The van der Waals surface area contributed by atoms with E-state index in [1.165, 1.54) is 12.8 Å². The lowest BCUT2D eigenvalue weighted by molar-refractivity contribution is 0.254. The van der Waals surface area contributed by atoms with E-state index in [0.29, 0.717) is 22.6 Å². The summed E-state index contributed by atoms with van der Waals surface area (Å²) in [7, 11) is 0. The number of hydrogen-bond acceptors (Lipinski definition) is 4. The summed E-state index contributed by atoms with van der Waals surface area (Å²) in [6, 6.07) is 17.2. The van der Waals surface area contributed by atoms with Crippen molar-refractivity contribution in [3.8, 4) is 5.69 Å². The van der Waals surface area contributed by atoms with Crippen LogP contribution in [-0.4, -0.2) is 36.7 Å². The van der Waals surface area contributed by atoms with Crippen molar-refractivity contribution >= 4 is 28.9 Å². The molecule has 0 saturated carbocycles. The first-order valence-electron chi connectivity index (χ1n) is 9.15. The van der Waals surface area contributed by atoms with E-state index in [1.807, 2.05) is 63.7 Å². The molecule has 2 aromatic carbocycles. The number of hydrogen-bond donors (Lipinski definition) is 0. The predicted octanol–water partition coefficient (Wildman–Crippen LogP) is 3.22. The summed E-state index contributed by atoms with van der Waals surface area (Å²) in [4.78, 5) is 15.6. The van der Waals surface area contributed by atoms with Crippen LogP contribution in [0, 0.1) is 4.77 Å². The van der Waals surface area contributed by atoms with Crippen molar-refractivity contribution < 1.29 is 0 Å². The Morgan fingerprint density at radius 3 is 2.44 bits per heavy atom. The molecule has 0 radical (unpaired) electrons. The van der Waals surface area contributed by atoms with Crippen molar-refractivity contribution in [3.05, 3.63) is 69.7 Å². The largest absolute Gasteiger partial charge is 0.284 e. The van der Waals surface area contributed by atoms with Gasteiger partial charge in [-0.05, 0) is 62.4 Å². The van der Waals surface area contributed by atoms with Gasteiger partial charge in [-0.3, -0.25) is 14.1 Å². The summed E-state index contributed by atoms with van der Waals surface area (Å²) in [6.07, 6.45) is 2.41. The molecular formula is C20H19N5OS. The maximum atomic E-state index is 13.3. The van der Waals surface area contributed by atoms with Crippen molar-refractivity contribution in [1.82, 2.24) is 23.6 Å². The molecule has 3 heterocycles. The fourth-order valence-electron chi connectivity index (χ4n) is 3.83. The Morgan fingerprint density at radius 1 is 0.963 bits per heavy atom. The van der Waals surface area contributed by atoms with Crippen LogP contribution in [0.5, 0.6) is 0 Å². The van der Waals surface area contributed by atoms with Gasteiger partial charge in [0.15, 0.2) is 0 Å². The molecule has 1 fully saturated rings. The quantitative estimate of drug-likeness (QED) is 0.515. The van der Waals surface area contributed by atoms with Crippen molar-refractivity contribution in [3.63, 3.8) is 0 Å². The summed E-state index contributed by atoms with van der Waals surface area (Å²) >= 11 is 5.76. The zero-order valence-electron chi connectivity index (χ0n) is 14.8. The lowest BCUT2D eigenvalue weighted by Crippen LogP contribution is -2.23. The standard InChI is InChI=1S/C20H19N5OS/c26-18-16-10-4-5-11-17(16)25-19(24(18)15-8-2-1-3-9-15)21-23(20(25)27)14-22-12-6-7-13-22/h1-5,8-11H,6-7,12-14H2. The van der Waals surface area contributed by atoms with Gasteiger partial charge in [-0.2, -0.15) is 0 Å². The third-order valence-electron chi connectivity index (χ3n) is 5.15. The van der Waals surface area contributed by atoms with E-state index >= 15 is 0 Å². The van der Waals surface area contributed by atoms with Crippen molar-refractivity contribution in [1.29, 1.82) is 0 Å². The van der Waals surface area contributed by atoms with Crippen LogP contribution in [0.3, 0.4) is 0 Å². The average molecular weight is 377 g/mol. The van der Waals surface area contributed by atoms with Gasteiger partial charge >= 0.3 is 0 Å². The highest BCUT2D eigenvalue weighted by Gasteiger charge is 2.19. The number of para-hydroxylation sites is 2. The second-order valence-corrected chi connectivity index (χ2v) is 7.24. The van der Waals surface area contributed by atoms with Gasteiger partial charge in [0, 0.05) is 0 Å². The van der Waals surface area contributed by atoms with Gasteiger partial charge in [-0.15, -0.1) is 5.10 Å². The van der Waals surface area contributed by atoms with E-state index in [0.717, 1.165) is 24.3 Å². The smallest absolute Gasteiger partial charge is 0.267 e. The van der Waals surface area contributed by atoms with Crippen LogP contribution >= 0.6 is 12.2 Å². The second-order valence-electron chi connectivity index (χ2n) is 6.88. The minimum absolute atomic E-state index is 0.0855. The highest BCUT2D eigenvalue weighted by molar-refractivity contribution is 7.71. The second kappa shape index (κ2) is 6.44. The maximum absolute atomic E-state index is 13.3. The van der Waals surface area contributed by atoms with E-state index in [4.69, 9.17) is 17.3 Å². The van der Waals surface area contributed by atoms with Gasteiger partial charge in [-0.1, -0.05) is 30.3 Å². The molecule has 0 amide bonds. The predicted molar refractivity (Wildman–Crippen MR) is 108 cm³/mol. The van der Waals surface area contributed by atoms with Crippen LogP contribution in [0.25, 0.3) is 22.4 Å². The van der Waals surface area contributed by atoms with Crippen LogP contribution < -0.4 is 5.56 Å². The zero-order valence-corrected chi connectivity index (χ0v) is 15.6. The number of fused-ring (bicyclic) bond motifs is 3. The average Bonchev–Trinajstić information content (AvgIpc) is 3.32. The van der Waals surface area contributed by atoms with E-state index in [1.54, 1.807) is 4.57 Å². The van der Waals surface area contributed by atoms with Crippen LogP contribution in [0.2, 0.25) is 0 Å². The topological polar surface area (TPSA) is 47.5 Å². The van der Waals surface area contributed by atoms with Gasteiger partial charge in [-0.25, -0.2) is 9.25 Å². The van der Waals surface area contributed by atoms with Crippen LogP contribution in [-0.2, 0) is 6.67 Å². The third kappa shape index (κ3) is 2.62. The van der Waals surface area contributed by atoms with E-state index in [2.05, 4.69) is 4.90 Å². The molecule has 2 aromatic heterocycles. The Morgan fingerprint density at radius 2 is 1.67 bits per heavy atom. The van der Waals surface area contributed by atoms with Gasteiger partial charge in [0.05, 0.1) is 23.3 Å². The number of aromatic nitrogens is 4. The van der Waals surface area contributed by atoms with Gasteiger partial charge in [0.2, 0.25) is 10.5 Å². The first kappa shape index (κ1) is 16.4. The monoisotopic (exact) mass is 377 g/mol. The summed E-state index contributed by atoms with van der Waals surface area (Å²) < 4.78 is 6.01. The molecule has 0 atom stereocenters. The van der Waals surface area contributed by atoms with Crippen molar-refractivity contribution in [2.24, 2.45) is 0 Å². The first-order valence-corrected chi connectivity index (χ1v) is 9.56. The molecule has 0 N–H and O–H groups in total. The van der Waals surface area contributed by atoms with E-state index in [9.17, 15) is 4.79 Å². The molecule has 136 valence electrons. The molecule has 7 heteroatoms. The van der Waals surface area contributed by atoms with Crippen LogP contribution in [0.1, 0.15) is 12.8 Å². The fourth-order valence-corrected chi connectivity index (χ4v) is 4.11. The number of benzene rings is 2. The highest BCUT2D eigenvalue weighted by atomic mass is 32.1. The normalized spacial score (nSPS) is 15.1. The Balaban J connectivity index is 1.86. The molecule has 0 spiro atoms. The minimum Gasteiger partial charge on any atom is -0.284 e. The number of rotatable bonds is 3. The zero-order chi connectivity index (χ0) is 18.4. The molecule has 1 aliphatic rings. The van der Waals surface area contributed by atoms with Crippen molar-refractivity contribution in [2.45, 2.75) is 19.5 Å². The van der Waals surface area contributed by atoms with Gasteiger partial charge < -0.3 is 0 Å². The molecule has 1 aliphatic heterocycles. The lowest BCUT2D eigenvalue weighted by Gasteiger charge is -2.13. The summed E-state index contributed by atoms with van der Waals surface area (Å²) in [5.74, 6) is 0.550. The molecule has 6 nitrogen and oxygen atoms in total. The molecule has 4 aromatic rings. The maximum Gasteiger partial charge on any atom is 0.267 e. The lowest BCUT2D eigenvalue weighted by atomic mass is 10.2. The molecule has 0 aliphatic carbocycles. The molecule has 27 heavy (non-hydrogen) atoms. The molecule has 5 rings (SSSR count). The van der Waals surface area contributed by atoms with Crippen LogP contribution in [0.4, 0.5) is 0 Å². The Kier molecular flexibility index (Phi) is 3.91. The molecule has 0 unspecified atom stereocenters. The summed E-state index contributed by atoms with van der Waals surface area (Å²) in [5.41, 5.74) is 1.49.